The number of rotatable bonds is 3. The topological polar surface area (TPSA) is 78.2 Å². The molecule has 0 unspecified atom stereocenters. The fourth-order valence-electron chi connectivity index (χ4n) is 3.86. The van der Waals surface area contributed by atoms with Crippen molar-refractivity contribution in [3.8, 4) is 11.3 Å². The smallest absolute Gasteiger partial charge is 0.258 e. The molecule has 0 radical (unpaired) electrons. The van der Waals surface area contributed by atoms with E-state index in [4.69, 9.17) is 9.15 Å². The van der Waals surface area contributed by atoms with Crippen LogP contribution in [0.5, 0.6) is 0 Å². The Labute approximate surface area is 168 Å². The molecular formula is C22H21N3O4. The number of hydrogen-bond donors (Lipinski definition) is 2. The second kappa shape index (κ2) is 7.36. The Bertz CT molecular complexity index is 1030. The molecular weight excluding hydrogens is 370 g/mol. The second-order valence-corrected chi connectivity index (χ2v) is 7.22. The number of hydroxylamine groups is 2. The highest BCUT2D eigenvalue weighted by Crippen LogP contribution is 2.38. The van der Waals surface area contributed by atoms with Crippen molar-refractivity contribution in [1.82, 2.24) is 9.96 Å². The molecule has 1 aromatic heterocycles. The van der Waals surface area contributed by atoms with Gasteiger partial charge in [0.15, 0.2) is 0 Å². The van der Waals surface area contributed by atoms with Gasteiger partial charge in [-0.25, -0.2) is 5.06 Å². The molecule has 1 fully saturated rings. The molecule has 2 aromatic rings. The van der Waals surface area contributed by atoms with Crippen LogP contribution in [-0.4, -0.2) is 53.9 Å². The molecule has 2 N–H and O–H groups in total. The van der Waals surface area contributed by atoms with Gasteiger partial charge in [0.2, 0.25) is 0 Å². The number of ether oxygens (including phenoxy) is 1. The maximum Gasteiger partial charge on any atom is 0.258 e. The molecule has 3 aliphatic rings. The molecule has 7 heteroatoms. The summed E-state index contributed by atoms with van der Waals surface area (Å²) in [6.07, 6.45) is 7.02. The lowest BCUT2D eigenvalue weighted by Crippen LogP contribution is -2.37. The first-order valence-electron chi connectivity index (χ1n) is 9.60. The van der Waals surface area contributed by atoms with Crippen LogP contribution in [0.3, 0.4) is 0 Å². The number of anilines is 1. The monoisotopic (exact) mass is 391 g/mol. The highest BCUT2D eigenvalue weighted by atomic mass is 16.5. The zero-order valence-electron chi connectivity index (χ0n) is 15.8. The molecule has 1 aromatic carbocycles. The van der Waals surface area contributed by atoms with Crippen LogP contribution in [0.1, 0.15) is 5.56 Å². The van der Waals surface area contributed by atoms with E-state index in [9.17, 15) is 10.0 Å². The zero-order valence-corrected chi connectivity index (χ0v) is 15.8. The number of carbonyl (C=O) groups excluding carboxylic acids is 1. The van der Waals surface area contributed by atoms with E-state index >= 15 is 0 Å². The number of carbonyl (C=O) groups is 1. The molecule has 0 atom stereocenters. The highest BCUT2D eigenvalue weighted by molar-refractivity contribution is 6.32. The van der Waals surface area contributed by atoms with Gasteiger partial charge in [-0.05, 0) is 42.0 Å². The van der Waals surface area contributed by atoms with Crippen LogP contribution in [0.15, 0.2) is 70.6 Å². The van der Waals surface area contributed by atoms with Crippen molar-refractivity contribution >= 4 is 17.2 Å². The van der Waals surface area contributed by atoms with Crippen molar-refractivity contribution in [3.05, 3.63) is 71.8 Å². The van der Waals surface area contributed by atoms with Crippen molar-refractivity contribution in [2.45, 2.75) is 0 Å². The number of nitrogens with zero attached hydrogens (tertiary/aromatic N) is 2. The van der Waals surface area contributed by atoms with Crippen LogP contribution in [0.2, 0.25) is 0 Å². The molecule has 7 nitrogen and oxygen atoms in total. The molecule has 29 heavy (non-hydrogen) atoms. The van der Waals surface area contributed by atoms with Gasteiger partial charge >= 0.3 is 0 Å². The van der Waals surface area contributed by atoms with Crippen LogP contribution < -0.4 is 5.32 Å². The summed E-state index contributed by atoms with van der Waals surface area (Å²) in [5.41, 5.74) is 4.20. The van der Waals surface area contributed by atoms with Crippen LogP contribution in [0.4, 0.5) is 5.69 Å². The van der Waals surface area contributed by atoms with E-state index in [1.807, 2.05) is 36.4 Å². The SMILES string of the molecule is O=C1Nc2ccc(-c3ccco3)cc2C1=C1C=CC(CN2CCOCC2)=CN1O. The molecule has 148 valence electrons. The summed E-state index contributed by atoms with van der Waals surface area (Å²) in [6, 6.07) is 9.36. The Hall–Kier alpha value is -3.13. The summed E-state index contributed by atoms with van der Waals surface area (Å²) in [5, 5.41) is 14.5. The molecule has 0 aliphatic carbocycles. The number of furan rings is 1. The van der Waals surface area contributed by atoms with Crippen LogP contribution >= 0.6 is 0 Å². The van der Waals surface area contributed by atoms with Gasteiger partial charge in [0.1, 0.15) is 5.76 Å². The average molecular weight is 391 g/mol. The van der Waals surface area contributed by atoms with Crippen LogP contribution in [0, 0.1) is 0 Å². The highest BCUT2D eigenvalue weighted by Gasteiger charge is 2.30. The number of amides is 1. The molecule has 0 saturated carbocycles. The minimum atomic E-state index is -0.236. The van der Waals surface area contributed by atoms with E-state index in [1.165, 1.54) is 0 Å². The van der Waals surface area contributed by atoms with Gasteiger partial charge in [0.25, 0.3) is 5.91 Å². The Morgan fingerprint density at radius 3 is 2.76 bits per heavy atom. The number of hydrogen-bond acceptors (Lipinski definition) is 6. The number of benzene rings is 1. The fraction of sp³-hybridized carbons (Fsp3) is 0.227. The van der Waals surface area contributed by atoms with Crippen LogP contribution in [0.25, 0.3) is 16.9 Å². The summed E-state index contributed by atoms with van der Waals surface area (Å²) in [6.45, 7) is 3.92. The maximum atomic E-state index is 12.7. The Morgan fingerprint density at radius 1 is 1.14 bits per heavy atom. The van der Waals surface area contributed by atoms with E-state index < -0.39 is 0 Å². The third-order valence-corrected chi connectivity index (χ3v) is 5.33. The minimum absolute atomic E-state index is 0.236. The number of fused-ring (bicyclic) bond motifs is 1. The van der Waals surface area contributed by atoms with Crippen LogP contribution in [-0.2, 0) is 9.53 Å². The fourth-order valence-corrected chi connectivity index (χ4v) is 3.86. The molecule has 5 rings (SSSR count). The van der Waals surface area contributed by atoms with E-state index in [2.05, 4.69) is 10.2 Å². The summed E-state index contributed by atoms with van der Waals surface area (Å²) in [7, 11) is 0. The summed E-state index contributed by atoms with van der Waals surface area (Å²) in [5.74, 6) is 0.490. The van der Waals surface area contributed by atoms with E-state index in [0.29, 0.717) is 11.3 Å². The zero-order chi connectivity index (χ0) is 19.8. The van der Waals surface area contributed by atoms with Gasteiger partial charge in [-0.15, -0.1) is 0 Å². The molecule has 4 heterocycles. The largest absolute Gasteiger partial charge is 0.464 e. The first-order valence-corrected chi connectivity index (χ1v) is 9.60. The number of nitrogens with one attached hydrogen (secondary N) is 1. The molecule has 1 amide bonds. The maximum absolute atomic E-state index is 12.7. The molecule has 0 bridgehead atoms. The van der Waals surface area contributed by atoms with Crippen molar-refractivity contribution in [2.75, 3.05) is 38.2 Å². The first kappa shape index (κ1) is 17.9. The summed E-state index contributed by atoms with van der Waals surface area (Å²) < 4.78 is 10.9. The number of morpholine rings is 1. The predicted molar refractivity (Wildman–Crippen MR) is 108 cm³/mol. The molecule has 0 spiro atoms. The van der Waals surface area contributed by atoms with E-state index in [-0.39, 0.29) is 5.91 Å². The lowest BCUT2D eigenvalue weighted by Gasteiger charge is -2.28. The molecule has 1 saturated heterocycles. The summed E-state index contributed by atoms with van der Waals surface area (Å²) in [4.78, 5) is 14.9. The number of allylic oxidation sites excluding steroid dienone is 1. The van der Waals surface area contributed by atoms with Crippen molar-refractivity contribution < 1.29 is 19.2 Å². The Morgan fingerprint density at radius 2 is 2.00 bits per heavy atom. The van der Waals surface area contributed by atoms with Gasteiger partial charge in [0.05, 0.1) is 30.7 Å². The first-order chi connectivity index (χ1) is 14.2. The third kappa shape index (κ3) is 3.40. The Balaban J connectivity index is 1.46. The normalized spacial score (nSPS) is 21.9. The van der Waals surface area contributed by atoms with Crippen molar-refractivity contribution in [2.24, 2.45) is 0 Å². The lowest BCUT2D eigenvalue weighted by atomic mass is 9.99. The second-order valence-electron chi connectivity index (χ2n) is 7.22. The standard InChI is InChI=1S/C22H21N3O4/c26-22-21(17-12-16(4-5-18(17)23-22)20-2-1-9-29-20)19-6-3-15(14-25(19)27)13-24-7-10-28-11-8-24/h1-6,9,12,14,27H,7-8,10-11,13H2,(H,23,26). The predicted octanol–water partition coefficient (Wildman–Crippen LogP) is 3.09. The average Bonchev–Trinajstić information content (AvgIpc) is 3.36. The van der Waals surface area contributed by atoms with E-state index in [0.717, 1.165) is 66.1 Å². The van der Waals surface area contributed by atoms with Gasteiger partial charge < -0.3 is 14.5 Å². The quantitative estimate of drug-likeness (QED) is 0.783. The van der Waals surface area contributed by atoms with Gasteiger partial charge in [-0.3, -0.25) is 14.9 Å². The summed E-state index contributed by atoms with van der Waals surface area (Å²) >= 11 is 0. The van der Waals surface area contributed by atoms with Crippen molar-refractivity contribution in [3.63, 3.8) is 0 Å². The van der Waals surface area contributed by atoms with Gasteiger partial charge in [0, 0.05) is 42.6 Å². The minimum Gasteiger partial charge on any atom is -0.464 e. The Kier molecular flexibility index (Phi) is 4.55. The third-order valence-electron chi connectivity index (χ3n) is 5.33. The van der Waals surface area contributed by atoms with E-state index in [1.54, 1.807) is 18.5 Å². The van der Waals surface area contributed by atoms with Gasteiger partial charge in [-0.1, -0.05) is 6.08 Å². The lowest BCUT2D eigenvalue weighted by molar-refractivity contribution is -0.111. The van der Waals surface area contributed by atoms with Gasteiger partial charge in [-0.2, -0.15) is 0 Å². The van der Waals surface area contributed by atoms with Crippen molar-refractivity contribution in [1.29, 1.82) is 0 Å². The molecule has 3 aliphatic heterocycles.